The van der Waals surface area contributed by atoms with E-state index in [1.807, 2.05) is 0 Å². The SMILES string of the molecule is c1csc(-c2ccc(-c3cccc4ccccc34)c3ccccc23)c1. The number of rotatable bonds is 2. The molecule has 0 saturated carbocycles. The minimum absolute atomic E-state index is 1.28. The molecule has 25 heavy (non-hydrogen) atoms. The summed E-state index contributed by atoms with van der Waals surface area (Å²) < 4.78 is 0. The van der Waals surface area contributed by atoms with Crippen LogP contribution in [0, 0.1) is 0 Å². The fourth-order valence-corrected chi connectivity index (χ4v) is 4.41. The Morgan fingerprint density at radius 2 is 1.08 bits per heavy atom. The van der Waals surface area contributed by atoms with Gasteiger partial charge in [-0.3, -0.25) is 0 Å². The lowest BCUT2D eigenvalue weighted by Gasteiger charge is -2.13. The lowest BCUT2D eigenvalue weighted by Crippen LogP contribution is -1.86. The molecule has 0 aliphatic carbocycles. The van der Waals surface area contributed by atoms with Gasteiger partial charge in [0.2, 0.25) is 0 Å². The Labute approximate surface area is 151 Å². The summed E-state index contributed by atoms with van der Waals surface area (Å²) in [5.74, 6) is 0. The molecule has 1 heterocycles. The van der Waals surface area contributed by atoms with Crippen LogP contribution >= 0.6 is 11.3 Å². The Balaban J connectivity index is 1.85. The number of benzene rings is 4. The molecule has 5 aromatic rings. The Morgan fingerprint density at radius 1 is 0.440 bits per heavy atom. The molecule has 0 aliphatic heterocycles. The van der Waals surface area contributed by atoms with Gasteiger partial charge in [0.1, 0.15) is 0 Å². The maximum Gasteiger partial charge on any atom is 0.0348 e. The first-order valence-corrected chi connectivity index (χ1v) is 9.33. The fraction of sp³-hybridized carbons (Fsp3) is 0. The summed E-state index contributed by atoms with van der Waals surface area (Å²) >= 11 is 1.80. The lowest BCUT2D eigenvalue weighted by atomic mass is 9.92. The molecule has 0 radical (unpaired) electrons. The monoisotopic (exact) mass is 336 g/mol. The van der Waals surface area contributed by atoms with E-state index in [1.165, 1.54) is 43.1 Å². The topological polar surface area (TPSA) is 0 Å². The van der Waals surface area contributed by atoms with Crippen molar-refractivity contribution < 1.29 is 0 Å². The molecular weight excluding hydrogens is 320 g/mol. The minimum Gasteiger partial charge on any atom is -0.144 e. The molecule has 1 heteroatoms. The Kier molecular flexibility index (Phi) is 3.39. The third-order valence-corrected chi connectivity index (χ3v) is 5.69. The van der Waals surface area contributed by atoms with Gasteiger partial charge in [-0.1, -0.05) is 84.9 Å². The Bertz CT molecular complexity index is 1180. The standard InChI is InChI=1S/C24H16S/c1-2-9-18-17(7-1)8-5-12-19(18)22-14-15-23(24-13-6-16-25-24)21-11-4-3-10-20(21)22/h1-16H. The van der Waals surface area contributed by atoms with Gasteiger partial charge < -0.3 is 0 Å². The molecule has 0 saturated heterocycles. The van der Waals surface area contributed by atoms with E-state index in [0.717, 1.165) is 0 Å². The molecule has 0 bridgehead atoms. The van der Waals surface area contributed by atoms with Crippen LogP contribution in [0.15, 0.2) is 96.4 Å². The molecule has 0 nitrogen and oxygen atoms in total. The van der Waals surface area contributed by atoms with Gasteiger partial charge in [-0.25, -0.2) is 0 Å². The molecule has 5 rings (SSSR count). The number of thiophene rings is 1. The quantitative estimate of drug-likeness (QED) is 0.315. The second-order valence-corrected chi connectivity index (χ2v) is 7.16. The van der Waals surface area contributed by atoms with Crippen LogP contribution in [0.2, 0.25) is 0 Å². The zero-order valence-corrected chi connectivity index (χ0v) is 14.5. The largest absolute Gasteiger partial charge is 0.144 e. The minimum atomic E-state index is 1.28. The maximum atomic E-state index is 2.28. The van der Waals surface area contributed by atoms with E-state index in [1.54, 1.807) is 11.3 Å². The van der Waals surface area contributed by atoms with Crippen LogP contribution in [0.1, 0.15) is 0 Å². The molecule has 0 atom stereocenters. The molecule has 0 aliphatic rings. The molecule has 0 unspecified atom stereocenters. The molecule has 118 valence electrons. The zero-order chi connectivity index (χ0) is 16.6. The molecule has 1 aromatic heterocycles. The van der Waals surface area contributed by atoms with E-state index in [4.69, 9.17) is 0 Å². The maximum absolute atomic E-state index is 2.28. The van der Waals surface area contributed by atoms with Gasteiger partial charge in [-0.15, -0.1) is 11.3 Å². The van der Waals surface area contributed by atoms with E-state index in [-0.39, 0.29) is 0 Å². The predicted molar refractivity (Wildman–Crippen MR) is 110 cm³/mol. The second-order valence-electron chi connectivity index (χ2n) is 6.21. The van der Waals surface area contributed by atoms with E-state index >= 15 is 0 Å². The molecular formula is C24H16S. The van der Waals surface area contributed by atoms with Gasteiger partial charge in [0.15, 0.2) is 0 Å². The van der Waals surface area contributed by atoms with Crippen LogP contribution in [0.5, 0.6) is 0 Å². The molecule has 0 amide bonds. The highest BCUT2D eigenvalue weighted by atomic mass is 32.1. The normalized spacial score (nSPS) is 11.2. The van der Waals surface area contributed by atoms with E-state index in [9.17, 15) is 0 Å². The van der Waals surface area contributed by atoms with E-state index in [0.29, 0.717) is 0 Å². The van der Waals surface area contributed by atoms with Crippen LogP contribution in [-0.2, 0) is 0 Å². The number of hydrogen-bond donors (Lipinski definition) is 0. The van der Waals surface area contributed by atoms with Crippen LogP contribution in [0.25, 0.3) is 43.1 Å². The Morgan fingerprint density at radius 3 is 1.88 bits per heavy atom. The first-order valence-electron chi connectivity index (χ1n) is 8.45. The van der Waals surface area contributed by atoms with Crippen molar-refractivity contribution >= 4 is 32.9 Å². The van der Waals surface area contributed by atoms with Crippen molar-refractivity contribution in [2.24, 2.45) is 0 Å². The first-order chi connectivity index (χ1) is 12.4. The van der Waals surface area contributed by atoms with E-state index in [2.05, 4.69) is 96.4 Å². The molecule has 4 aromatic carbocycles. The molecule has 0 fully saturated rings. The van der Waals surface area contributed by atoms with Crippen LogP contribution in [0.3, 0.4) is 0 Å². The van der Waals surface area contributed by atoms with Crippen molar-refractivity contribution in [3.8, 4) is 21.6 Å². The van der Waals surface area contributed by atoms with Crippen molar-refractivity contribution in [2.45, 2.75) is 0 Å². The average molecular weight is 336 g/mol. The highest BCUT2D eigenvalue weighted by Crippen LogP contribution is 2.39. The summed E-state index contributed by atoms with van der Waals surface area (Å²) in [5.41, 5.74) is 3.91. The smallest absolute Gasteiger partial charge is 0.0348 e. The van der Waals surface area contributed by atoms with E-state index < -0.39 is 0 Å². The van der Waals surface area contributed by atoms with Gasteiger partial charge in [-0.05, 0) is 49.7 Å². The second kappa shape index (κ2) is 5.87. The third-order valence-electron chi connectivity index (χ3n) is 4.79. The average Bonchev–Trinajstić information content (AvgIpc) is 3.21. The van der Waals surface area contributed by atoms with Crippen molar-refractivity contribution in [1.82, 2.24) is 0 Å². The summed E-state index contributed by atoms with van der Waals surface area (Å²) in [6, 6.07) is 32.8. The summed E-state index contributed by atoms with van der Waals surface area (Å²) in [5, 5.41) is 7.36. The summed E-state index contributed by atoms with van der Waals surface area (Å²) in [4.78, 5) is 1.32. The lowest BCUT2D eigenvalue weighted by molar-refractivity contribution is 1.68. The highest BCUT2D eigenvalue weighted by Gasteiger charge is 2.11. The van der Waals surface area contributed by atoms with Crippen LogP contribution in [0.4, 0.5) is 0 Å². The summed E-state index contributed by atoms with van der Waals surface area (Å²) in [7, 11) is 0. The first kappa shape index (κ1) is 14.4. The van der Waals surface area contributed by atoms with Gasteiger partial charge in [0, 0.05) is 4.88 Å². The van der Waals surface area contributed by atoms with Gasteiger partial charge in [0.25, 0.3) is 0 Å². The van der Waals surface area contributed by atoms with Crippen LogP contribution in [-0.4, -0.2) is 0 Å². The van der Waals surface area contributed by atoms with Crippen LogP contribution < -0.4 is 0 Å². The van der Waals surface area contributed by atoms with Crippen molar-refractivity contribution in [3.63, 3.8) is 0 Å². The number of hydrogen-bond acceptors (Lipinski definition) is 1. The molecule has 0 spiro atoms. The van der Waals surface area contributed by atoms with Gasteiger partial charge in [0.05, 0.1) is 0 Å². The third kappa shape index (κ3) is 2.36. The highest BCUT2D eigenvalue weighted by molar-refractivity contribution is 7.13. The van der Waals surface area contributed by atoms with Gasteiger partial charge in [-0.2, -0.15) is 0 Å². The summed E-state index contributed by atoms with van der Waals surface area (Å²) in [6.07, 6.45) is 0. The fourth-order valence-electron chi connectivity index (χ4n) is 3.64. The molecule has 0 N–H and O–H groups in total. The van der Waals surface area contributed by atoms with Crippen molar-refractivity contribution in [3.05, 3.63) is 96.4 Å². The van der Waals surface area contributed by atoms with Crippen molar-refractivity contribution in [1.29, 1.82) is 0 Å². The number of fused-ring (bicyclic) bond motifs is 2. The summed E-state index contributed by atoms with van der Waals surface area (Å²) in [6.45, 7) is 0. The van der Waals surface area contributed by atoms with Gasteiger partial charge >= 0.3 is 0 Å². The predicted octanol–water partition coefficient (Wildman–Crippen LogP) is 7.39. The zero-order valence-electron chi connectivity index (χ0n) is 13.6. The van der Waals surface area contributed by atoms with Crippen molar-refractivity contribution in [2.75, 3.05) is 0 Å². The Hall–Kier alpha value is -2.90.